The highest BCUT2D eigenvalue weighted by molar-refractivity contribution is 5.85. The second-order valence-electron chi connectivity index (χ2n) is 10.5. The Morgan fingerprint density at radius 3 is 2.51 bits per heavy atom. The molecule has 0 aliphatic carbocycles. The molecule has 1 amide bonds. The van der Waals surface area contributed by atoms with E-state index in [1.54, 1.807) is 6.07 Å². The summed E-state index contributed by atoms with van der Waals surface area (Å²) in [4.78, 5) is 15.7. The van der Waals surface area contributed by atoms with Crippen molar-refractivity contribution in [1.29, 1.82) is 5.26 Å². The summed E-state index contributed by atoms with van der Waals surface area (Å²) >= 11 is 0. The van der Waals surface area contributed by atoms with E-state index in [1.807, 2.05) is 32.0 Å². The summed E-state index contributed by atoms with van der Waals surface area (Å²) in [5.41, 5.74) is 0.593. The fraction of sp³-hybridized carbons (Fsp3) is 0.517. The van der Waals surface area contributed by atoms with Crippen molar-refractivity contribution in [3.8, 4) is 6.07 Å². The number of nitrogens with one attached hydrogen (secondary N) is 1. The average Bonchev–Trinajstić information content (AvgIpc) is 2.91. The highest BCUT2D eigenvalue weighted by atomic mass is 19.4. The minimum Gasteiger partial charge on any atom is -0.363 e. The van der Waals surface area contributed by atoms with Gasteiger partial charge >= 0.3 is 6.18 Å². The number of nitrogens with zero attached hydrogens (tertiary/aromatic N) is 2. The van der Waals surface area contributed by atoms with Crippen LogP contribution in [-0.4, -0.2) is 42.1 Å². The highest BCUT2D eigenvalue weighted by Crippen LogP contribution is 2.37. The molecule has 8 heteroatoms. The van der Waals surface area contributed by atoms with E-state index >= 15 is 0 Å². The van der Waals surface area contributed by atoms with Crippen molar-refractivity contribution in [3.05, 3.63) is 70.8 Å². The van der Waals surface area contributed by atoms with Crippen molar-refractivity contribution in [2.24, 2.45) is 5.92 Å². The second kappa shape index (κ2) is 11.2. The van der Waals surface area contributed by atoms with Gasteiger partial charge in [0.2, 0.25) is 0 Å². The first-order chi connectivity index (χ1) is 17.6. The monoisotopic (exact) mass is 513 g/mol. The lowest BCUT2D eigenvalue weighted by Gasteiger charge is -2.46. The zero-order valence-corrected chi connectivity index (χ0v) is 21.4. The van der Waals surface area contributed by atoms with E-state index in [0.29, 0.717) is 30.1 Å². The summed E-state index contributed by atoms with van der Waals surface area (Å²) in [7, 11) is 0. The van der Waals surface area contributed by atoms with Crippen LogP contribution < -0.4 is 5.32 Å². The molecule has 2 fully saturated rings. The lowest BCUT2D eigenvalue weighted by atomic mass is 9.80. The summed E-state index contributed by atoms with van der Waals surface area (Å²) < 4.78 is 45.4. The minimum absolute atomic E-state index is 0.0184. The maximum Gasteiger partial charge on any atom is 0.416 e. The summed E-state index contributed by atoms with van der Waals surface area (Å²) in [6.45, 7) is 6.24. The molecule has 1 N–H and O–H groups in total. The number of likely N-dealkylation sites (tertiary alicyclic amines) is 1. The third-order valence-corrected chi connectivity index (χ3v) is 7.94. The van der Waals surface area contributed by atoms with Gasteiger partial charge in [0.05, 0.1) is 23.8 Å². The van der Waals surface area contributed by atoms with Gasteiger partial charge in [-0.2, -0.15) is 18.4 Å². The number of ether oxygens (including phenoxy) is 1. The summed E-state index contributed by atoms with van der Waals surface area (Å²) in [6, 6.07) is 15.3. The fourth-order valence-corrected chi connectivity index (χ4v) is 5.62. The van der Waals surface area contributed by atoms with Crippen LogP contribution in [0.5, 0.6) is 0 Å². The van der Waals surface area contributed by atoms with Gasteiger partial charge in [0, 0.05) is 12.6 Å². The molecule has 198 valence electrons. The molecule has 0 aromatic heterocycles. The molecule has 2 heterocycles. The van der Waals surface area contributed by atoms with Crippen LogP contribution in [0, 0.1) is 17.2 Å². The van der Waals surface area contributed by atoms with E-state index < -0.39 is 17.3 Å². The summed E-state index contributed by atoms with van der Waals surface area (Å²) in [6.07, 6.45) is -1.01. The van der Waals surface area contributed by atoms with Crippen LogP contribution in [0.4, 0.5) is 13.2 Å². The predicted molar refractivity (Wildman–Crippen MR) is 135 cm³/mol. The lowest BCUT2D eigenvalue weighted by Crippen LogP contribution is -2.58. The molecule has 0 unspecified atom stereocenters. The van der Waals surface area contributed by atoms with Crippen molar-refractivity contribution in [3.63, 3.8) is 0 Å². The fourth-order valence-electron chi connectivity index (χ4n) is 5.62. The van der Waals surface area contributed by atoms with Crippen LogP contribution in [0.2, 0.25) is 0 Å². The Morgan fingerprint density at radius 1 is 1.16 bits per heavy atom. The molecule has 2 atom stereocenters. The van der Waals surface area contributed by atoms with E-state index in [0.717, 1.165) is 44.5 Å². The average molecular weight is 514 g/mol. The molecular weight excluding hydrogens is 479 g/mol. The number of halogens is 3. The van der Waals surface area contributed by atoms with Gasteiger partial charge in [0.15, 0.2) is 0 Å². The zero-order chi connectivity index (χ0) is 26.6. The van der Waals surface area contributed by atoms with Crippen molar-refractivity contribution < 1.29 is 22.7 Å². The topological polar surface area (TPSA) is 65.4 Å². The Balaban J connectivity index is 1.32. The number of rotatable bonds is 6. The quantitative estimate of drug-likeness (QED) is 0.543. The van der Waals surface area contributed by atoms with Crippen molar-refractivity contribution in [2.45, 2.75) is 69.8 Å². The maximum atomic E-state index is 13.3. The Kier molecular flexibility index (Phi) is 8.25. The first-order valence-corrected chi connectivity index (χ1v) is 12.9. The highest BCUT2D eigenvalue weighted by Gasteiger charge is 2.46. The molecule has 2 aliphatic rings. The van der Waals surface area contributed by atoms with Crippen LogP contribution in [0.1, 0.15) is 67.7 Å². The van der Waals surface area contributed by atoms with E-state index in [1.165, 1.54) is 11.6 Å². The zero-order valence-electron chi connectivity index (χ0n) is 21.4. The number of hydrogen-bond donors (Lipinski definition) is 1. The predicted octanol–water partition coefficient (Wildman–Crippen LogP) is 5.65. The molecule has 0 saturated carbocycles. The minimum atomic E-state index is -4.42. The van der Waals surface area contributed by atoms with Gasteiger partial charge in [-0.25, -0.2) is 0 Å². The molecule has 2 saturated heterocycles. The number of amides is 1. The van der Waals surface area contributed by atoms with Gasteiger partial charge < -0.3 is 10.1 Å². The Morgan fingerprint density at radius 2 is 1.89 bits per heavy atom. The molecule has 37 heavy (non-hydrogen) atoms. The maximum absolute atomic E-state index is 13.3. The first kappa shape index (κ1) is 27.2. The van der Waals surface area contributed by atoms with Crippen LogP contribution in [-0.2, 0) is 22.3 Å². The Bertz CT molecular complexity index is 1130. The normalized spacial score (nSPS) is 23.5. The standard InChI is InChI=1S/C29H34F3N3O2/c1-20(2)28(27(36)34-18-22-6-4-8-25(16-22)29(30,31)32)12-9-26(19-37-28)35-13-10-23(11-14-35)24-7-3-5-21(15-24)17-33/h3-8,15-16,20,23,26H,9-14,18-19H2,1-2H3,(H,34,36)/t26-,28+/m1/s1. The molecule has 0 radical (unpaired) electrons. The number of carbonyl (C=O) groups excluding carboxylic acids is 1. The molecule has 0 spiro atoms. The van der Waals surface area contributed by atoms with Gasteiger partial charge in [-0.1, -0.05) is 38.1 Å². The van der Waals surface area contributed by atoms with Crippen LogP contribution in [0.25, 0.3) is 0 Å². The van der Waals surface area contributed by atoms with E-state index in [-0.39, 0.29) is 24.4 Å². The van der Waals surface area contributed by atoms with E-state index in [4.69, 9.17) is 4.74 Å². The van der Waals surface area contributed by atoms with Gasteiger partial charge in [-0.15, -0.1) is 0 Å². The van der Waals surface area contributed by atoms with Crippen LogP contribution in [0.15, 0.2) is 48.5 Å². The Hall–Kier alpha value is -2.89. The van der Waals surface area contributed by atoms with Gasteiger partial charge in [-0.3, -0.25) is 9.69 Å². The second-order valence-corrected chi connectivity index (χ2v) is 10.5. The Labute approximate surface area is 216 Å². The third-order valence-electron chi connectivity index (χ3n) is 7.94. The van der Waals surface area contributed by atoms with Crippen LogP contribution >= 0.6 is 0 Å². The molecule has 4 rings (SSSR count). The SMILES string of the molecule is CC(C)[C@]1(C(=O)NCc2cccc(C(F)(F)F)c2)CC[C@@H](N2CCC(c3cccc(C#N)c3)CC2)CO1. The summed E-state index contributed by atoms with van der Waals surface area (Å²) in [5.74, 6) is 0.0907. The van der Waals surface area contributed by atoms with Crippen molar-refractivity contribution >= 4 is 5.91 Å². The van der Waals surface area contributed by atoms with Crippen molar-refractivity contribution in [2.75, 3.05) is 19.7 Å². The van der Waals surface area contributed by atoms with E-state index in [2.05, 4.69) is 22.4 Å². The first-order valence-electron chi connectivity index (χ1n) is 12.9. The number of hydrogen-bond acceptors (Lipinski definition) is 4. The summed E-state index contributed by atoms with van der Waals surface area (Å²) in [5, 5.41) is 12.0. The number of nitriles is 1. The smallest absolute Gasteiger partial charge is 0.363 e. The van der Waals surface area contributed by atoms with Gasteiger partial charge in [0.25, 0.3) is 5.91 Å². The molecule has 5 nitrogen and oxygen atoms in total. The van der Waals surface area contributed by atoms with Gasteiger partial charge in [-0.05, 0) is 86.0 Å². The number of benzene rings is 2. The van der Waals surface area contributed by atoms with Crippen LogP contribution in [0.3, 0.4) is 0 Å². The van der Waals surface area contributed by atoms with E-state index in [9.17, 15) is 23.2 Å². The number of carbonyl (C=O) groups is 1. The lowest BCUT2D eigenvalue weighted by molar-refractivity contribution is -0.170. The largest absolute Gasteiger partial charge is 0.416 e. The third kappa shape index (κ3) is 6.16. The van der Waals surface area contributed by atoms with Crippen molar-refractivity contribution in [1.82, 2.24) is 10.2 Å². The molecular formula is C29H34F3N3O2. The molecule has 0 bridgehead atoms. The number of piperidine rings is 1. The number of alkyl halides is 3. The molecule has 2 aromatic rings. The molecule has 2 aliphatic heterocycles. The van der Waals surface area contributed by atoms with Gasteiger partial charge in [0.1, 0.15) is 5.60 Å². The molecule has 2 aromatic carbocycles.